The van der Waals surface area contributed by atoms with Crippen LogP contribution in [0.2, 0.25) is 0 Å². The normalized spacial score (nSPS) is 10.6. The van der Waals surface area contributed by atoms with Gasteiger partial charge in [0.05, 0.1) is 19.7 Å². The average molecular weight is 368 g/mol. The number of nitrogens with zero attached hydrogens (tertiary/aromatic N) is 3. The van der Waals surface area contributed by atoms with Crippen molar-refractivity contribution in [1.82, 2.24) is 20.1 Å². The molecule has 0 unspecified atom stereocenters. The van der Waals surface area contributed by atoms with Crippen LogP contribution in [0, 0.1) is 0 Å². The fraction of sp³-hybridized carbons (Fsp3) is 0.357. The lowest BCUT2D eigenvalue weighted by molar-refractivity contribution is -0.115. The Kier molecular flexibility index (Phi) is 6.50. The van der Waals surface area contributed by atoms with E-state index in [2.05, 4.69) is 36.6 Å². The van der Waals surface area contributed by atoms with Crippen molar-refractivity contribution in [3.63, 3.8) is 0 Å². The Labute approximate surface area is 137 Å². The average Bonchev–Trinajstić information content (AvgIpc) is 2.91. The Morgan fingerprint density at radius 3 is 3.09 bits per heavy atom. The zero-order valence-electron chi connectivity index (χ0n) is 12.3. The highest BCUT2D eigenvalue weighted by atomic mass is 79.9. The van der Waals surface area contributed by atoms with E-state index in [1.807, 2.05) is 24.3 Å². The molecule has 0 aliphatic heterocycles. The number of methoxy groups -OCH3 is 1. The molecular formula is C14H18BrN5O2. The van der Waals surface area contributed by atoms with Gasteiger partial charge in [0, 0.05) is 18.1 Å². The maximum absolute atomic E-state index is 11.7. The lowest BCUT2D eigenvalue weighted by atomic mass is 10.2. The molecule has 0 spiro atoms. The third kappa shape index (κ3) is 5.55. The van der Waals surface area contributed by atoms with Gasteiger partial charge < -0.3 is 10.1 Å². The van der Waals surface area contributed by atoms with Crippen LogP contribution in [-0.4, -0.2) is 47.5 Å². The number of halogens is 1. The van der Waals surface area contributed by atoms with Crippen molar-refractivity contribution in [3.05, 3.63) is 40.6 Å². The minimum Gasteiger partial charge on any atom is -0.383 e. The molecule has 2 N–H and O–H groups in total. The van der Waals surface area contributed by atoms with Crippen LogP contribution < -0.4 is 10.6 Å². The van der Waals surface area contributed by atoms with Crippen molar-refractivity contribution in [2.75, 3.05) is 32.1 Å². The second-order valence-electron chi connectivity index (χ2n) is 4.61. The monoisotopic (exact) mass is 367 g/mol. The molecule has 0 bridgehead atoms. The maximum Gasteiger partial charge on any atom is 0.248 e. The number of anilines is 1. The SMILES string of the molecule is COCCNCC(=O)Nc1ncn(Cc2cccc(Br)c2)n1. The van der Waals surface area contributed by atoms with Gasteiger partial charge in [0.1, 0.15) is 6.33 Å². The van der Waals surface area contributed by atoms with Crippen molar-refractivity contribution in [1.29, 1.82) is 0 Å². The van der Waals surface area contributed by atoms with E-state index in [1.165, 1.54) is 0 Å². The van der Waals surface area contributed by atoms with Gasteiger partial charge >= 0.3 is 0 Å². The van der Waals surface area contributed by atoms with Gasteiger partial charge in [-0.15, -0.1) is 5.10 Å². The van der Waals surface area contributed by atoms with E-state index < -0.39 is 0 Å². The molecule has 1 aromatic heterocycles. The largest absolute Gasteiger partial charge is 0.383 e. The molecule has 118 valence electrons. The molecule has 7 nitrogen and oxygen atoms in total. The second-order valence-corrected chi connectivity index (χ2v) is 5.53. The van der Waals surface area contributed by atoms with E-state index in [0.29, 0.717) is 25.6 Å². The molecule has 1 amide bonds. The fourth-order valence-electron chi connectivity index (χ4n) is 1.80. The van der Waals surface area contributed by atoms with E-state index in [9.17, 15) is 4.79 Å². The van der Waals surface area contributed by atoms with Crippen LogP contribution >= 0.6 is 15.9 Å². The summed E-state index contributed by atoms with van der Waals surface area (Å²) in [6.07, 6.45) is 1.59. The van der Waals surface area contributed by atoms with Gasteiger partial charge in [-0.05, 0) is 17.7 Å². The van der Waals surface area contributed by atoms with Gasteiger partial charge in [-0.2, -0.15) is 0 Å². The van der Waals surface area contributed by atoms with Gasteiger partial charge in [-0.1, -0.05) is 28.1 Å². The zero-order chi connectivity index (χ0) is 15.8. The number of hydrogen-bond donors (Lipinski definition) is 2. The van der Waals surface area contributed by atoms with E-state index in [-0.39, 0.29) is 12.5 Å². The van der Waals surface area contributed by atoms with Crippen LogP contribution in [0.5, 0.6) is 0 Å². The highest BCUT2D eigenvalue weighted by molar-refractivity contribution is 9.10. The summed E-state index contributed by atoms with van der Waals surface area (Å²) in [4.78, 5) is 15.8. The molecule has 0 aliphatic carbocycles. The molecule has 8 heteroatoms. The number of ether oxygens (including phenoxy) is 1. The first-order valence-corrected chi connectivity index (χ1v) is 7.60. The van der Waals surface area contributed by atoms with Gasteiger partial charge in [0.15, 0.2) is 0 Å². The quantitative estimate of drug-likeness (QED) is 0.686. The zero-order valence-corrected chi connectivity index (χ0v) is 13.8. The minimum atomic E-state index is -0.184. The molecule has 22 heavy (non-hydrogen) atoms. The van der Waals surface area contributed by atoms with Crippen molar-refractivity contribution in [2.45, 2.75) is 6.54 Å². The van der Waals surface area contributed by atoms with Crippen molar-refractivity contribution < 1.29 is 9.53 Å². The van der Waals surface area contributed by atoms with Crippen LogP contribution in [-0.2, 0) is 16.1 Å². The number of carbonyl (C=O) groups excluding carboxylic acids is 1. The Balaban J connectivity index is 1.82. The number of nitrogens with one attached hydrogen (secondary N) is 2. The highest BCUT2D eigenvalue weighted by Gasteiger charge is 2.06. The molecule has 0 aliphatic rings. The van der Waals surface area contributed by atoms with Crippen molar-refractivity contribution in [3.8, 4) is 0 Å². The molecule has 0 saturated carbocycles. The number of aromatic nitrogens is 3. The molecule has 0 fully saturated rings. The number of rotatable bonds is 8. The van der Waals surface area contributed by atoms with E-state index in [4.69, 9.17) is 4.74 Å². The lowest BCUT2D eigenvalue weighted by Crippen LogP contribution is -2.30. The van der Waals surface area contributed by atoms with Crippen molar-refractivity contribution >= 4 is 27.8 Å². The summed E-state index contributed by atoms with van der Waals surface area (Å²) in [5.41, 5.74) is 1.10. The Hall–Kier alpha value is -1.77. The predicted molar refractivity (Wildman–Crippen MR) is 86.6 cm³/mol. The Morgan fingerprint density at radius 2 is 2.32 bits per heavy atom. The number of hydrogen-bond acceptors (Lipinski definition) is 5. The van der Waals surface area contributed by atoms with Crippen molar-refractivity contribution in [2.24, 2.45) is 0 Å². The molecule has 1 aromatic carbocycles. The first-order chi connectivity index (χ1) is 10.7. The number of amides is 1. The Bertz CT molecular complexity index is 617. The topological polar surface area (TPSA) is 81.1 Å². The third-order valence-electron chi connectivity index (χ3n) is 2.79. The summed E-state index contributed by atoms with van der Waals surface area (Å²) in [6.45, 7) is 1.97. The van der Waals surface area contributed by atoms with E-state index in [1.54, 1.807) is 18.1 Å². The van der Waals surface area contributed by atoms with Gasteiger partial charge in [0.25, 0.3) is 0 Å². The lowest BCUT2D eigenvalue weighted by Gasteiger charge is -2.03. The number of carbonyl (C=O) groups is 1. The van der Waals surface area contributed by atoms with Gasteiger partial charge in [-0.25, -0.2) is 9.67 Å². The third-order valence-corrected chi connectivity index (χ3v) is 3.28. The highest BCUT2D eigenvalue weighted by Crippen LogP contribution is 2.12. The first-order valence-electron chi connectivity index (χ1n) is 6.81. The van der Waals surface area contributed by atoms with E-state index >= 15 is 0 Å². The maximum atomic E-state index is 11.7. The molecule has 0 atom stereocenters. The summed E-state index contributed by atoms with van der Waals surface area (Å²) in [6, 6.07) is 7.95. The van der Waals surface area contributed by atoms with Crippen LogP contribution in [0.4, 0.5) is 5.95 Å². The summed E-state index contributed by atoms with van der Waals surface area (Å²) < 4.78 is 7.58. The summed E-state index contributed by atoms with van der Waals surface area (Å²) >= 11 is 3.43. The first kappa shape index (κ1) is 16.6. The standard InChI is InChI=1S/C14H18BrN5O2/c1-22-6-5-16-8-13(21)18-14-17-10-20(19-14)9-11-3-2-4-12(15)7-11/h2-4,7,10,16H,5-6,8-9H2,1H3,(H,18,19,21). The molecule has 0 saturated heterocycles. The van der Waals surface area contributed by atoms with E-state index in [0.717, 1.165) is 10.0 Å². The minimum absolute atomic E-state index is 0.184. The van der Waals surface area contributed by atoms with Gasteiger partial charge in [-0.3, -0.25) is 10.1 Å². The van der Waals surface area contributed by atoms with Gasteiger partial charge in [0.2, 0.25) is 11.9 Å². The predicted octanol–water partition coefficient (Wildman–Crippen LogP) is 1.26. The molecule has 2 rings (SSSR count). The Morgan fingerprint density at radius 1 is 1.45 bits per heavy atom. The molecular weight excluding hydrogens is 350 g/mol. The summed E-state index contributed by atoms with van der Waals surface area (Å²) in [5, 5.41) is 9.82. The molecule has 0 radical (unpaired) electrons. The van der Waals surface area contributed by atoms with Crippen LogP contribution in [0.25, 0.3) is 0 Å². The molecule has 2 aromatic rings. The smallest absolute Gasteiger partial charge is 0.248 e. The van der Waals surface area contributed by atoms with Crippen LogP contribution in [0.15, 0.2) is 35.1 Å². The fourth-order valence-corrected chi connectivity index (χ4v) is 2.24. The summed E-state index contributed by atoms with van der Waals surface area (Å²) in [5.74, 6) is 0.116. The second kappa shape index (κ2) is 8.62. The molecule has 1 heterocycles. The van der Waals surface area contributed by atoms with Crippen LogP contribution in [0.3, 0.4) is 0 Å². The summed E-state index contributed by atoms with van der Waals surface area (Å²) in [7, 11) is 1.61. The van der Waals surface area contributed by atoms with Crippen LogP contribution in [0.1, 0.15) is 5.56 Å². The number of benzene rings is 1.